The van der Waals surface area contributed by atoms with Crippen LogP contribution in [0.1, 0.15) is 38.2 Å². The summed E-state index contributed by atoms with van der Waals surface area (Å²) in [5.74, 6) is -0.840. The molecule has 1 aromatic carbocycles. The molecule has 0 unspecified atom stereocenters. The van der Waals surface area contributed by atoms with E-state index in [4.69, 9.17) is 16.3 Å². The van der Waals surface area contributed by atoms with Gasteiger partial charge >= 0.3 is 11.7 Å². The van der Waals surface area contributed by atoms with Gasteiger partial charge in [-0.3, -0.25) is 18.7 Å². The normalized spacial score (nSPS) is 15.5. The Balaban J connectivity index is 1.98. The van der Waals surface area contributed by atoms with E-state index in [1.807, 2.05) is 12.1 Å². The summed E-state index contributed by atoms with van der Waals surface area (Å²) < 4.78 is 7.51. The van der Waals surface area contributed by atoms with Gasteiger partial charge in [0.1, 0.15) is 6.61 Å². The fourth-order valence-electron chi connectivity index (χ4n) is 3.85. The third-order valence-electron chi connectivity index (χ3n) is 5.24. The molecule has 1 N–H and O–H groups in total. The van der Waals surface area contributed by atoms with Gasteiger partial charge in [-0.25, -0.2) is 4.79 Å². The highest BCUT2D eigenvalue weighted by Gasteiger charge is 2.40. The molecular formula is C20H23ClN2O5. The molecule has 150 valence electrons. The second-order valence-corrected chi connectivity index (χ2v) is 7.64. The van der Waals surface area contributed by atoms with Gasteiger partial charge in [0.25, 0.3) is 5.56 Å². The van der Waals surface area contributed by atoms with Gasteiger partial charge in [0.05, 0.1) is 11.6 Å². The molecule has 0 atom stereocenters. The minimum absolute atomic E-state index is 0.0312. The van der Waals surface area contributed by atoms with Crippen LogP contribution in [0.5, 0.6) is 5.88 Å². The van der Waals surface area contributed by atoms with Crippen molar-refractivity contribution in [3.05, 3.63) is 61.8 Å². The Morgan fingerprint density at radius 3 is 2.61 bits per heavy atom. The van der Waals surface area contributed by atoms with Crippen LogP contribution in [-0.2, 0) is 28.0 Å². The summed E-state index contributed by atoms with van der Waals surface area (Å²) >= 11 is 6.00. The zero-order valence-electron chi connectivity index (χ0n) is 15.7. The van der Waals surface area contributed by atoms with E-state index in [0.717, 1.165) is 29.0 Å². The van der Waals surface area contributed by atoms with E-state index in [-0.39, 0.29) is 19.0 Å². The molecule has 1 aromatic heterocycles. The number of hydrogen-bond donors (Lipinski definition) is 1. The average molecular weight is 407 g/mol. The molecule has 0 bridgehead atoms. The van der Waals surface area contributed by atoms with Crippen LogP contribution < -0.4 is 11.2 Å². The number of nitrogens with zero attached hydrogens (tertiary/aromatic N) is 2. The summed E-state index contributed by atoms with van der Waals surface area (Å²) in [6, 6.07) is 8.29. The Kier molecular flexibility index (Phi) is 5.93. The molecule has 1 saturated carbocycles. The summed E-state index contributed by atoms with van der Waals surface area (Å²) in [5.41, 5.74) is -1.14. The lowest BCUT2D eigenvalue weighted by molar-refractivity contribution is -0.144. The number of rotatable bonds is 6. The zero-order valence-corrected chi connectivity index (χ0v) is 16.4. The predicted molar refractivity (Wildman–Crippen MR) is 105 cm³/mol. The molecule has 1 aliphatic carbocycles. The van der Waals surface area contributed by atoms with E-state index < -0.39 is 22.8 Å². The number of carbonyl (C=O) groups excluding carboxylic acids is 1. The lowest BCUT2D eigenvalue weighted by Crippen LogP contribution is -2.52. The van der Waals surface area contributed by atoms with Crippen LogP contribution in [0.4, 0.5) is 0 Å². The third kappa shape index (κ3) is 4.14. The number of aromatic hydroxyl groups is 1. The van der Waals surface area contributed by atoms with E-state index >= 15 is 0 Å². The van der Waals surface area contributed by atoms with Crippen LogP contribution in [0.25, 0.3) is 0 Å². The van der Waals surface area contributed by atoms with Crippen molar-refractivity contribution in [2.45, 2.75) is 51.1 Å². The van der Waals surface area contributed by atoms with E-state index in [1.165, 1.54) is 11.5 Å². The first-order chi connectivity index (χ1) is 13.3. The van der Waals surface area contributed by atoms with E-state index in [2.05, 4.69) is 0 Å². The summed E-state index contributed by atoms with van der Waals surface area (Å²) in [5, 5.41) is 10.8. The molecule has 0 amide bonds. The van der Waals surface area contributed by atoms with Crippen LogP contribution in [0.15, 0.2) is 39.9 Å². The van der Waals surface area contributed by atoms with Gasteiger partial charge in [0.15, 0.2) is 0 Å². The maximum Gasteiger partial charge on any atom is 0.334 e. The van der Waals surface area contributed by atoms with Gasteiger partial charge in [-0.05, 0) is 37.0 Å². The summed E-state index contributed by atoms with van der Waals surface area (Å²) in [6.07, 6.45) is 3.25. The van der Waals surface area contributed by atoms with Crippen molar-refractivity contribution in [2.24, 2.45) is 0 Å². The highest BCUT2D eigenvalue weighted by molar-refractivity contribution is 6.30. The number of benzene rings is 1. The number of ether oxygens (including phenoxy) is 1. The lowest BCUT2D eigenvalue weighted by atomic mass is 9.98. The van der Waals surface area contributed by atoms with Crippen molar-refractivity contribution in [3.8, 4) is 5.88 Å². The van der Waals surface area contributed by atoms with Crippen molar-refractivity contribution < 1.29 is 14.6 Å². The molecule has 1 aliphatic rings. The van der Waals surface area contributed by atoms with Gasteiger partial charge in [0, 0.05) is 18.5 Å². The highest BCUT2D eigenvalue weighted by atomic mass is 35.5. The van der Waals surface area contributed by atoms with Gasteiger partial charge < -0.3 is 9.84 Å². The number of carbonyl (C=O) groups is 1. The smallest absolute Gasteiger partial charge is 0.334 e. The van der Waals surface area contributed by atoms with E-state index in [9.17, 15) is 19.5 Å². The molecule has 3 rings (SSSR count). The Hall–Kier alpha value is -2.54. The molecule has 2 aromatic rings. The minimum Gasteiger partial charge on any atom is -0.494 e. The van der Waals surface area contributed by atoms with E-state index in [1.54, 1.807) is 12.1 Å². The molecule has 28 heavy (non-hydrogen) atoms. The van der Waals surface area contributed by atoms with Crippen LogP contribution in [0.3, 0.4) is 0 Å². The molecule has 0 saturated heterocycles. The van der Waals surface area contributed by atoms with Crippen LogP contribution >= 0.6 is 11.6 Å². The molecular weight excluding hydrogens is 384 g/mol. The van der Waals surface area contributed by atoms with Gasteiger partial charge in [-0.1, -0.05) is 36.6 Å². The quantitative estimate of drug-likeness (QED) is 0.744. The molecule has 1 heterocycles. The standard InChI is InChI=1S/C20H23ClN2O5/c1-14(24)28-13-20(8-2-3-9-20)23-18(26)12-17(25)22(19(23)27)10-7-15-5-4-6-16(21)11-15/h4-6,11-12,25H,2-3,7-10,13H2,1H3. The first-order valence-corrected chi connectivity index (χ1v) is 9.64. The number of aromatic nitrogens is 2. The fourth-order valence-corrected chi connectivity index (χ4v) is 4.06. The maximum atomic E-state index is 13.1. The third-order valence-corrected chi connectivity index (χ3v) is 5.47. The van der Waals surface area contributed by atoms with Crippen molar-refractivity contribution in [1.29, 1.82) is 0 Å². The fraction of sp³-hybridized carbons (Fsp3) is 0.450. The van der Waals surface area contributed by atoms with Gasteiger partial charge in [-0.15, -0.1) is 0 Å². The highest BCUT2D eigenvalue weighted by Crippen LogP contribution is 2.35. The average Bonchev–Trinajstić information content (AvgIpc) is 3.09. The maximum absolute atomic E-state index is 13.1. The largest absolute Gasteiger partial charge is 0.494 e. The van der Waals surface area contributed by atoms with Crippen molar-refractivity contribution in [2.75, 3.05) is 6.61 Å². The Morgan fingerprint density at radius 1 is 1.25 bits per heavy atom. The monoisotopic (exact) mass is 406 g/mol. The number of halogens is 1. The summed E-state index contributed by atoms with van der Waals surface area (Å²) in [7, 11) is 0. The van der Waals surface area contributed by atoms with Gasteiger partial charge in [0.2, 0.25) is 5.88 Å². The van der Waals surface area contributed by atoms with Crippen LogP contribution in [0, 0.1) is 0 Å². The zero-order chi connectivity index (χ0) is 20.3. The lowest BCUT2D eigenvalue weighted by Gasteiger charge is -2.30. The second-order valence-electron chi connectivity index (χ2n) is 7.20. The predicted octanol–water partition coefficient (Wildman–Crippen LogP) is 2.44. The van der Waals surface area contributed by atoms with Gasteiger partial charge in [-0.2, -0.15) is 0 Å². The summed E-state index contributed by atoms with van der Waals surface area (Å²) in [6.45, 7) is 1.46. The van der Waals surface area contributed by atoms with Crippen LogP contribution in [-0.4, -0.2) is 26.8 Å². The molecule has 0 aliphatic heterocycles. The van der Waals surface area contributed by atoms with E-state index in [0.29, 0.717) is 24.3 Å². The molecule has 1 fully saturated rings. The first-order valence-electron chi connectivity index (χ1n) is 9.26. The molecule has 0 spiro atoms. The molecule has 7 nitrogen and oxygen atoms in total. The SMILES string of the molecule is CC(=O)OCC1(n2c(=O)cc(O)n(CCc3cccc(Cl)c3)c2=O)CCCC1. The van der Waals surface area contributed by atoms with Crippen molar-refractivity contribution in [3.63, 3.8) is 0 Å². The van der Waals surface area contributed by atoms with Crippen LogP contribution in [0.2, 0.25) is 5.02 Å². The number of hydrogen-bond acceptors (Lipinski definition) is 5. The number of aryl methyl sites for hydroxylation is 1. The molecule has 8 heteroatoms. The molecule has 0 radical (unpaired) electrons. The second kappa shape index (κ2) is 8.22. The Morgan fingerprint density at radius 2 is 1.96 bits per heavy atom. The first kappa shape index (κ1) is 20.2. The summed E-state index contributed by atoms with van der Waals surface area (Å²) in [4.78, 5) is 37.0. The number of esters is 1. The Bertz CT molecular complexity index is 989. The Labute approximate surface area is 167 Å². The topological polar surface area (TPSA) is 90.5 Å². The van der Waals surface area contributed by atoms with Crippen molar-refractivity contribution >= 4 is 17.6 Å². The minimum atomic E-state index is -0.870. The van der Waals surface area contributed by atoms with Crippen molar-refractivity contribution in [1.82, 2.24) is 9.13 Å².